The number of carbonyl (C=O) groups excluding carboxylic acids is 4. The Balaban J connectivity index is 0.00000368. The fourth-order valence-corrected chi connectivity index (χ4v) is 8.28. The third-order valence-electron chi connectivity index (χ3n) is 10.4. The number of aliphatic hydroxyl groups excluding tert-OH is 2. The SMILES string of the molecule is CSCOC1CC2OC[C@@]2(O)[C@H]2[C@H](OC(C)=O)[C@]3(O)C[C@H](OC(=O)[C@H](O)[C@H](C)NC(C)=O)C(C)=C([C@@H](O)C(=O)[C@]12C)C3(C)C.[Ac].[Ac]. The number of esters is 2. The average Bonchev–Trinajstić information content (AvgIpc) is 2.91. The van der Waals surface area contributed by atoms with Crippen molar-refractivity contribution in [2.45, 2.75) is 115 Å². The van der Waals surface area contributed by atoms with Crippen LogP contribution in [0.4, 0.5) is 0 Å². The van der Waals surface area contributed by atoms with Crippen LogP contribution < -0.4 is 5.32 Å². The number of nitrogens with one attached hydrogen (secondary N) is 1. The standard InChI is InChI=1S/C30H45NO12S.2Ac/c1-13-17(43-26(37)21(34)14(2)31-15(3)32)10-30(39)25(42-16(4)33)23-28(7,24(36)22(35)20(13)27(30,5)6)18(41-12-44-8)9-19-29(23,38)11-40-19;;/h14,17-19,21-23,25,34-35,38-39H,9-12H2,1-8H3,(H,31,32);;/t14-,17-,18?,19?,21+,22+,23-,25-,28+,29-,30+;;/m0../s1. The maximum absolute atomic E-state index is 14.6. The Labute approximate surface area is 345 Å². The van der Waals surface area contributed by atoms with Crippen molar-refractivity contribution in [1.82, 2.24) is 5.32 Å². The Hall–Kier alpha value is 0.813. The Bertz CT molecular complexity index is 1250. The van der Waals surface area contributed by atoms with Crippen LogP contribution in [-0.2, 0) is 38.1 Å². The van der Waals surface area contributed by atoms with E-state index in [0.717, 1.165) is 6.92 Å². The normalized spacial score (nSPS) is 38.9. The van der Waals surface area contributed by atoms with E-state index in [1.54, 1.807) is 27.7 Å². The largest absolute Gasteiger partial charge is 0.459 e. The Morgan fingerprint density at radius 2 is 1.74 bits per heavy atom. The summed E-state index contributed by atoms with van der Waals surface area (Å²) in [6.45, 7) is 9.88. The Morgan fingerprint density at radius 1 is 1.13 bits per heavy atom. The quantitative estimate of drug-likeness (QED) is 0.124. The van der Waals surface area contributed by atoms with E-state index in [4.69, 9.17) is 18.9 Å². The van der Waals surface area contributed by atoms with Gasteiger partial charge < -0.3 is 44.7 Å². The molecular formula is C30H45Ac2NO12S. The van der Waals surface area contributed by atoms with Gasteiger partial charge in [0.2, 0.25) is 5.91 Å². The zero-order chi connectivity index (χ0) is 33.2. The topological polar surface area (TPSA) is 198 Å². The molecule has 11 atom stereocenters. The zero-order valence-corrected chi connectivity index (χ0v) is 37.9. The molecule has 3 aliphatic carbocycles. The summed E-state index contributed by atoms with van der Waals surface area (Å²) in [5, 5.41) is 49.8. The van der Waals surface area contributed by atoms with Crippen molar-refractivity contribution < 1.29 is 147 Å². The molecule has 2 radical (unpaired) electrons. The molecule has 1 saturated heterocycles. The second-order valence-electron chi connectivity index (χ2n) is 13.4. The number of ketones is 1. The second-order valence-corrected chi connectivity index (χ2v) is 14.2. The summed E-state index contributed by atoms with van der Waals surface area (Å²) in [6.07, 6.45) is -6.55. The van der Waals surface area contributed by atoms with Crippen LogP contribution in [0.1, 0.15) is 61.3 Å². The molecule has 16 heteroatoms. The van der Waals surface area contributed by atoms with Crippen LogP contribution in [0.15, 0.2) is 11.1 Å². The predicted octanol–water partition coefficient (Wildman–Crippen LogP) is -0.00170. The first-order chi connectivity index (χ1) is 20.3. The van der Waals surface area contributed by atoms with Gasteiger partial charge in [0.05, 0.1) is 36.2 Å². The molecule has 1 amide bonds. The van der Waals surface area contributed by atoms with Crippen LogP contribution in [-0.4, -0.2) is 117 Å². The van der Waals surface area contributed by atoms with Crippen molar-refractivity contribution in [3.05, 3.63) is 11.1 Å². The fourth-order valence-electron chi connectivity index (χ4n) is 7.98. The fraction of sp³-hybridized carbons (Fsp3) is 0.800. The number of carbonyl (C=O) groups is 4. The molecule has 46 heavy (non-hydrogen) atoms. The molecule has 1 aliphatic heterocycles. The van der Waals surface area contributed by atoms with Gasteiger partial charge in [0.1, 0.15) is 29.5 Å². The second kappa shape index (κ2) is 15.6. The minimum absolute atomic E-state index is 0. The van der Waals surface area contributed by atoms with Gasteiger partial charge in [0.15, 0.2) is 11.9 Å². The van der Waals surface area contributed by atoms with Crippen molar-refractivity contribution in [3.8, 4) is 0 Å². The van der Waals surface area contributed by atoms with E-state index in [1.165, 1.54) is 25.6 Å². The minimum atomic E-state index is -2.13. The van der Waals surface area contributed by atoms with E-state index in [2.05, 4.69) is 5.32 Å². The summed E-state index contributed by atoms with van der Waals surface area (Å²) in [4.78, 5) is 51.9. The van der Waals surface area contributed by atoms with E-state index in [-0.39, 0.29) is 125 Å². The van der Waals surface area contributed by atoms with Crippen LogP contribution >= 0.6 is 11.8 Å². The molecule has 0 aromatic heterocycles. The van der Waals surface area contributed by atoms with Crippen LogP contribution in [0, 0.1) is 105 Å². The summed E-state index contributed by atoms with van der Waals surface area (Å²) >= 11 is 1.37. The van der Waals surface area contributed by atoms with Crippen molar-refractivity contribution >= 4 is 35.4 Å². The van der Waals surface area contributed by atoms with Crippen molar-refractivity contribution in [2.24, 2.45) is 16.7 Å². The minimum Gasteiger partial charge on any atom is -0.459 e. The maximum atomic E-state index is 14.6. The average molecular weight is 1100 g/mol. The monoisotopic (exact) mass is 1100 g/mol. The number of fused-ring (bicyclic) bond motifs is 5. The van der Waals surface area contributed by atoms with Crippen molar-refractivity contribution in [1.29, 1.82) is 0 Å². The first kappa shape index (κ1) is 43.0. The van der Waals surface area contributed by atoms with Gasteiger partial charge >= 0.3 is 11.9 Å². The van der Waals surface area contributed by atoms with E-state index in [1.807, 2.05) is 6.26 Å². The van der Waals surface area contributed by atoms with Gasteiger partial charge in [-0.2, -0.15) is 0 Å². The molecule has 3 fully saturated rings. The Morgan fingerprint density at radius 3 is 2.24 bits per heavy atom. The van der Waals surface area contributed by atoms with Crippen LogP contribution in [0.25, 0.3) is 0 Å². The number of Topliss-reactive ketones (excluding diaryl/α,β-unsaturated/α-hetero) is 1. The summed E-state index contributed by atoms with van der Waals surface area (Å²) in [7, 11) is 0. The number of rotatable bonds is 8. The van der Waals surface area contributed by atoms with Gasteiger partial charge in [-0.1, -0.05) is 13.8 Å². The Kier molecular flexibility index (Phi) is 14.6. The summed E-state index contributed by atoms with van der Waals surface area (Å²) in [5.74, 6) is -4.20. The molecule has 254 valence electrons. The van der Waals surface area contributed by atoms with E-state index >= 15 is 0 Å². The number of ether oxygens (including phenoxy) is 4. The number of hydrogen-bond acceptors (Lipinski definition) is 13. The third-order valence-corrected chi connectivity index (χ3v) is 10.8. The van der Waals surface area contributed by atoms with Gasteiger partial charge in [-0.05, 0) is 38.2 Å². The maximum Gasteiger partial charge on any atom is 0.337 e. The molecule has 2 saturated carbocycles. The van der Waals surface area contributed by atoms with Crippen LogP contribution in [0.5, 0.6) is 0 Å². The van der Waals surface area contributed by atoms with Gasteiger partial charge in [-0.25, -0.2) is 4.79 Å². The summed E-state index contributed by atoms with van der Waals surface area (Å²) in [5.41, 5.74) is -6.64. The molecule has 0 aromatic carbocycles. The van der Waals surface area contributed by atoms with Gasteiger partial charge in [-0.3, -0.25) is 14.4 Å². The number of hydrogen-bond donors (Lipinski definition) is 5. The van der Waals surface area contributed by atoms with E-state index < -0.39 is 94.2 Å². The van der Waals surface area contributed by atoms with Crippen LogP contribution in [0.3, 0.4) is 0 Å². The van der Waals surface area contributed by atoms with E-state index in [9.17, 15) is 39.6 Å². The summed E-state index contributed by atoms with van der Waals surface area (Å²) < 4.78 is 23.4. The molecule has 0 spiro atoms. The molecule has 1 heterocycles. The number of thioether (sulfide) groups is 1. The van der Waals surface area contributed by atoms with Gasteiger partial charge in [0, 0.05) is 126 Å². The smallest absolute Gasteiger partial charge is 0.337 e. The zero-order valence-electron chi connectivity index (χ0n) is 27.6. The first-order valence-electron chi connectivity index (χ1n) is 14.7. The summed E-state index contributed by atoms with van der Waals surface area (Å²) in [6, 6.07) is -1.01. The molecule has 13 nitrogen and oxygen atoms in total. The molecular weight excluding hydrogens is 1050 g/mol. The molecule has 2 bridgehead atoms. The molecule has 4 aliphatic rings. The number of amides is 1. The predicted molar refractivity (Wildman–Crippen MR) is 156 cm³/mol. The van der Waals surface area contributed by atoms with Crippen molar-refractivity contribution in [2.75, 3.05) is 18.8 Å². The molecule has 4 rings (SSSR count). The van der Waals surface area contributed by atoms with Gasteiger partial charge in [-0.15, -0.1) is 11.8 Å². The van der Waals surface area contributed by atoms with Gasteiger partial charge in [0.25, 0.3) is 0 Å². The van der Waals surface area contributed by atoms with E-state index in [0.29, 0.717) is 0 Å². The number of aliphatic hydroxyl groups is 4. The third kappa shape index (κ3) is 7.01. The molecule has 0 aromatic rings. The molecule has 2 unspecified atom stereocenters. The molecule has 5 N–H and O–H groups in total. The van der Waals surface area contributed by atoms with Crippen molar-refractivity contribution in [3.63, 3.8) is 0 Å². The first-order valence-corrected chi connectivity index (χ1v) is 16.1. The van der Waals surface area contributed by atoms with Crippen LogP contribution in [0.2, 0.25) is 0 Å².